The first-order valence-electron chi connectivity index (χ1n) is 5.18. The predicted octanol–water partition coefficient (Wildman–Crippen LogP) is 4.05. The van der Waals surface area contributed by atoms with Crippen LogP contribution in [0.2, 0.25) is 0 Å². The molecule has 2 aliphatic rings. The molecule has 0 heterocycles. The minimum atomic E-state index is 1.03. The van der Waals surface area contributed by atoms with Gasteiger partial charge in [-0.05, 0) is 25.7 Å². The van der Waals surface area contributed by atoms with Crippen LogP contribution in [-0.4, -0.2) is 0 Å². The quantitative estimate of drug-likeness (QED) is 0.553. The summed E-state index contributed by atoms with van der Waals surface area (Å²) >= 11 is 4.14. The third-order valence-corrected chi connectivity index (χ3v) is 2.43. The van der Waals surface area contributed by atoms with Crippen molar-refractivity contribution < 1.29 is 15.7 Å². The van der Waals surface area contributed by atoms with Crippen molar-refractivity contribution in [3.8, 4) is 0 Å². The van der Waals surface area contributed by atoms with E-state index in [0.29, 0.717) is 0 Å². The Labute approximate surface area is 95.1 Å². The van der Waals surface area contributed by atoms with Gasteiger partial charge in [0.05, 0.1) is 0 Å². The van der Waals surface area contributed by atoms with E-state index < -0.39 is 0 Å². The Hall–Kier alpha value is -0.534. The van der Waals surface area contributed by atoms with E-state index >= 15 is 0 Å². The Bertz CT molecular complexity index is 230. The molecule has 0 amide bonds. The topological polar surface area (TPSA) is 0 Å². The van der Waals surface area contributed by atoms with E-state index in [1.165, 1.54) is 25.7 Å². The zero-order chi connectivity index (χ0) is 10.1. The van der Waals surface area contributed by atoms with Gasteiger partial charge in [0.15, 0.2) is 0 Å². The SMILES string of the molecule is C1=C\CC/C=C\CC/1.[Co][C]1=CC=CC1. The number of allylic oxidation sites excluding steroid dienone is 8. The molecule has 0 bridgehead atoms. The van der Waals surface area contributed by atoms with Gasteiger partial charge >= 0.3 is 44.9 Å². The predicted molar refractivity (Wildman–Crippen MR) is 58.6 cm³/mol. The first-order valence-corrected chi connectivity index (χ1v) is 5.70. The Morgan fingerprint density at radius 3 is 1.50 bits per heavy atom. The maximum absolute atomic E-state index is 4.14. The van der Waals surface area contributed by atoms with Gasteiger partial charge in [-0.15, -0.1) is 0 Å². The summed E-state index contributed by atoms with van der Waals surface area (Å²) in [6.45, 7) is 0. The third kappa shape index (κ3) is 6.00. The van der Waals surface area contributed by atoms with Gasteiger partial charge in [0.2, 0.25) is 0 Å². The second-order valence-electron chi connectivity index (χ2n) is 3.31. The molecule has 0 spiro atoms. The van der Waals surface area contributed by atoms with E-state index in [9.17, 15) is 0 Å². The van der Waals surface area contributed by atoms with E-state index in [-0.39, 0.29) is 0 Å². The first kappa shape index (κ1) is 11.5. The molecule has 78 valence electrons. The van der Waals surface area contributed by atoms with Crippen molar-refractivity contribution in [2.45, 2.75) is 32.1 Å². The van der Waals surface area contributed by atoms with E-state index in [4.69, 9.17) is 0 Å². The molecular weight excluding hydrogens is 215 g/mol. The number of hydrogen-bond acceptors (Lipinski definition) is 0. The summed E-state index contributed by atoms with van der Waals surface area (Å²) in [6.07, 6.45) is 21.1. The summed E-state index contributed by atoms with van der Waals surface area (Å²) < 4.78 is 1.16. The van der Waals surface area contributed by atoms with Crippen molar-refractivity contribution in [1.82, 2.24) is 0 Å². The van der Waals surface area contributed by atoms with E-state index in [0.717, 1.165) is 10.9 Å². The Balaban J connectivity index is 0.000000146. The molecule has 14 heavy (non-hydrogen) atoms. The Morgan fingerprint density at radius 1 is 0.786 bits per heavy atom. The second-order valence-corrected chi connectivity index (χ2v) is 3.98. The fraction of sp³-hybridized carbons (Fsp3) is 0.385. The van der Waals surface area contributed by atoms with Gasteiger partial charge in [0.25, 0.3) is 0 Å². The van der Waals surface area contributed by atoms with Crippen molar-refractivity contribution in [1.29, 1.82) is 0 Å². The zero-order valence-electron chi connectivity index (χ0n) is 8.41. The summed E-state index contributed by atoms with van der Waals surface area (Å²) in [5, 5.41) is 0. The van der Waals surface area contributed by atoms with Crippen LogP contribution in [0.25, 0.3) is 0 Å². The summed E-state index contributed by atoms with van der Waals surface area (Å²) in [4.78, 5) is 0. The monoisotopic (exact) mass is 232 g/mol. The molecule has 1 heteroatoms. The Morgan fingerprint density at radius 2 is 1.29 bits per heavy atom. The minimum absolute atomic E-state index is 1.03. The molecule has 0 fully saturated rings. The van der Waals surface area contributed by atoms with Crippen LogP contribution < -0.4 is 0 Å². The van der Waals surface area contributed by atoms with Gasteiger partial charge in [0, 0.05) is 0 Å². The average Bonchev–Trinajstić information content (AvgIpc) is 2.55. The van der Waals surface area contributed by atoms with Crippen LogP contribution >= 0.6 is 0 Å². The molecule has 0 unspecified atom stereocenters. The van der Waals surface area contributed by atoms with Crippen LogP contribution in [0.5, 0.6) is 0 Å². The van der Waals surface area contributed by atoms with Crippen LogP contribution in [0, 0.1) is 0 Å². The molecule has 0 atom stereocenters. The first-order chi connectivity index (χ1) is 6.89. The fourth-order valence-corrected chi connectivity index (χ4v) is 1.49. The van der Waals surface area contributed by atoms with Crippen molar-refractivity contribution >= 4 is 0 Å². The fourth-order valence-electron chi connectivity index (χ4n) is 1.27. The van der Waals surface area contributed by atoms with Crippen LogP contribution in [0.3, 0.4) is 0 Å². The molecular formula is C13H17Co. The van der Waals surface area contributed by atoms with Gasteiger partial charge in [-0.3, -0.25) is 0 Å². The van der Waals surface area contributed by atoms with Crippen LogP contribution in [0.15, 0.2) is 47.0 Å². The summed E-state index contributed by atoms with van der Waals surface area (Å²) in [6, 6.07) is 0. The number of hydrogen-bond donors (Lipinski definition) is 0. The van der Waals surface area contributed by atoms with Crippen LogP contribution in [-0.2, 0) is 15.7 Å². The van der Waals surface area contributed by atoms with Crippen molar-refractivity contribution in [3.63, 3.8) is 0 Å². The van der Waals surface area contributed by atoms with E-state index in [1.54, 1.807) is 0 Å². The summed E-state index contributed by atoms with van der Waals surface area (Å²) in [7, 11) is 0. The second kappa shape index (κ2) is 7.83. The normalized spacial score (nSPS) is 24.0. The van der Waals surface area contributed by atoms with Crippen LogP contribution in [0.1, 0.15) is 32.1 Å². The molecule has 0 aromatic rings. The summed E-state index contributed by atoms with van der Waals surface area (Å²) in [5.74, 6) is 0. The van der Waals surface area contributed by atoms with E-state index in [2.05, 4.69) is 46.1 Å². The molecule has 2 aliphatic carbocycles. The van der Waals surface area contributed by atoms with Gasteiger partial charge in [0.1, 0.15) is 0 Å². The number of rotatable bonds is 0. The van der Waals surface area contributed by atoms with Gasteiger partial charge in [-0.1, -0.05) is 24.3 Å². The molecule has 0 N–H and O–H groups in total. The summed E-state index contributed by atoms with van der Waals surface area (Å²) in [5.41, 5.74) is 0. The molecule has 2 rings (SSSR count). The van der Waals surface area contributed by atoms with Crippen molar-refractivity contribution in [2.24, 2.45) is 0 Å². The molecule has 0 aromatic carbocycles. The molecule has 0 aliphatic heterocycles. The van der Waals surface area contributed by atoms with Crippen LogP contribution in [0.4, 0.5) is 0 Å². The van der Waals surface area contributed by atoms with Gasteiger partial charge < -0.3 is 0 Å². The molecule has 0 saturated heterocycles. The molecule has 0 nitrogen and oxygen atoms in total. The Kier molecular flexibility index (Phi) is 6.46. The van der Waals surface area contributed by atoms with E-state index in [1.807, 2.05) is 12.2 Å². The van der Waals surface area contributed by atoms with Crippen molar-refractivity contribution in [3.05, 3.63) is 47.0 Å². The third-order valence-electron chi connectivity index (χ3n) is 2.04. The maximum atomic E-state index is 4.14. The molecule has 0 radical (unpaired) electrons. The standard InChI is InChI=1S/C8H12.C5H5.Co/c1-2-4-6-8-7-5-3-1;1-2-4-5-3-1;/h1-2,7-8H,3-6H2;1-3H,4H2;/b2-1-,8-7-;;. The molecule has 0 aromatic heterocycles. The average molecular weight is 232 g/mol. The zero-order valence-corrected chi connectivity index (χ0v) is 9.45. The van der Waals surface area contributed by atoms with Gasteiger partial charge in [-0.25, -0.2) is 0 Å². The molecule has 0 saturated carbocycles. The van der Waals surface area contributed by atoms with Gasteiger partial charge in [-0.2, -0.15) is 0 Å². The van der Waals surface area contributed by atoms with Crippen molar-refractivity contribution in [2.75, 3.05) is 0 Å².